The number of hydrogen-bond donors (Lipinski definition) is 3. The van der Waals surface area contributed by atoms with Crippen LogP contribution in [0.2, 0.25) is 0 Å². The number of carbonyl (C=O) groups is 1. The number of nitrogens with one attached hydrogen (secondary N) is 2. The van der Waals surface area contributed by atoms with Crippen molar-refractivity contribution in [3.63, 3.8) is 0 Å². The second-order valence-electron chi connectivity index (χ2n) is 5.86. The first-order valence-electron chi connectivity index (χ1n) is 6.54. The molecule has 1 amide bonds. The monoisotopic (exact) mass is 242 g/mol. The first-order chi connectivity index (χ1) is 7.93. The van der Waals surface area contributed by atoms with Gasteiger partial charge in [0.25, 0.3) is 0 Å². The van der Waals surface area contributed by atoms with Crippen molar-refractivity contribution in [3.05, 3.63) is 0 Å². The van der Waals surface area contributed by atoms with Gasteiger partial charge in [-0.25, -0.2) is 0 Å². The average molecular weight is 242 g/mol. The van der Waals surface area contributed by atoms with Crippen LogP contribution in [0.25, 0.3) is 0 Å². The Morgan fingerprint density at radius 1 is 1.29 bits per heavy atom. The maximum absolute atomic E-state index is 12.0. The van der Waals surface area contributed by atoms with Gasteiger partial charge in [-0.1, -0.05) is 19.3 Å². The Bertz CT molecular complexity index is 258. The van der Waals surface area contributed by atoms with Crippen LogP contribution in [-0.2, 0) is 4.79 Å². The van der Waals surface area contributed by atoms with E-state index in [9.17, 15) is 4.79 Å². The highest BCUT2D eigenvalue weighted by Crippen LogP contribution is 2.30. The molecule has 0 aromatic rings. The molecule has 1 rings (SSSR count). The number of amides is 1. The third kappa shape index (κ3) is 4.28. The summed E-state index contributed by atoms with van der Waals surface area (Å²) in [4.78, 5) is 12.0. The van der Waals surface area contributed by atoms with E-state index in [0.29, 0.717) is 6.42 Å². The highest BCUT2D eigenvalue weighted by Gasteiger charge is 2.33. The highest BCUT2D eigenvalue weighted by molar-refractivity contribution is 5.78. The molecular formula is C13H26N2O2. The Labute approximate surface area is 104 Å². The molecular weight excluding hydrogens is 216 g/mol. The zero-order chi connectivity index (χ0) is 12.9. The second kappa shape index (κ2) is 5.83. The van der Waals surface area contributed by atoms with E-state index in [1.54, 1.807) is 0 Å². The molecule has 1 aliphatic carbocycles. The molecule has 0 heterocycles. The molecule has 17 heavy (non-hydrogen) atoms. The van der Waals surface area contributed by atoms with E-state index < -0.39 is 5.54 Å². The van der Waals surface area contributed by atoms with Crippen molar-refractivity contribution in [2.75, 3.05) is 13.7 Å². The van der Waals surface area contributed by atoms with Crippen LogP contribution in [0, 0.1) is 0 Å². The largest absolute Gasteiger partial charge is 0.394 e. The van der Waals surface area contributed by atoms with Gasteiger partial charge in [0, 0.05) is 12.0 Å². The van der Waals surface area contributed by atoms with Gasteiger partial charge in [-0.15, -0.1) is 0 Å². The van der Waals surface area contributed by atoms with E-state index in [1.165, 1.54) is 19.3 Å². The van der Waals surface area contributed by atoms with Crippen LogP contribution in [0.3, 0.4) is 0 Å². The molecule has 0 atom stereocenters. The Kier molecular flexibility index (Phi) is 4.95. The maximum Gasteiger partial charge on any atom is 0.222 e. The van der Waals surface area contributed by atoms with E-state index in [4.69, 9.17) is 5.11 Å². The average Bonchev–Trinajstić information content (AvgIpc) is 2.29. The van der Waals surface area contributed by atoms with Gasteiger partial charge >= 0.3 is 0 Å². The molecule has 0 spiro atoms. The predicted molar refractivity (Wildman–Crippen MR) is 68.8 cm³/mol. The SMILES string of the molecule is CNC1(CC(=O)NC(C)(C)CO)CCCCC1. The zero-order valence-corrected chi connectivity index (χ0v) is 11.3. The van der Waals surface area contributed by atoms with Gasteiger partial charge in [0.2, 0.25) is 5.91 Å². The van der Waals surface area contributed by atoms with Gasteiger partial charge in [-0.05, 0) is 33.7 Å². The molecule has 4 nitrogen and oxygen atoms in total. The fraction of sp³-hybridized carbons (Fsp3) is 0.923. The van der Waals surface area contributed by atoms with Crippen molar-refractivity contribution >= 4 is 5.91 Å². The summed E-state index contributed by atoms with van der Waals surface area (Å²) in [5.41, 5.74) is -0.561. The molecule has 3 N–H and O–H groups in total. The van der Waals surface area contributed by atoms with Gasteiger partial charge in [0.05, 0.1) is 12.1 Å². The molecule has 0 unspecified atom stereocenters. The van der Waals surface area contributed by atoms with Gasteiger partial charge in [-0.2, -0.15) is 0 Å². The molecule has 1 aliphatic rings. The highest BCUT2D eigenvalue weighted by atomic mass is 16.3. The third-order valence-corrected chi connectivity index (χ3v) is 3.71. The number of hydrogen-bond acceptors (Lipinski definition) is 3. The minimum atomic E-state index is -0.527. The molecule has 0 aliphatic heterocycles. The second-order valence-corrected chi connectivity index (χ2v) is 5.86. The fourth-order valence-corrected chi connectivity index (χ4v) is 2.51. The van der Waals surface area contributed by atoms with Crippen molar-refractivity contribution in [1.29, 1.82) is 0 Å². The van der Waals surface area contributed by atoms with Crippen LogP contribution in [0.4, 0.5) is 0 Å². The maximum atomic E-state index is 12.0. The van der Waals surface area contributed by atoms with Crippen molar-refractivity contribution < 1.29 is 9.90 Å². The molecule has 0 aromatic carbocycles. The van der Waals surface area contributed by atoms with Crippen molar-refractivity contribution in [2.24, 2.45) is 0 Å². The van der Waals surface area contributed by atoms with Crippen LogP contribution in [-0.4, -0.2) is 35.7 Å². The van der Waals surface area contributed by atoms with Gasteiger partial charge < -0.3 is 15.7 Å². The third-order valence-electron chi connectivity index (χ3n) is 3.71. The van der Waals surface area contributed by atoms with Crippen molar-refractivity contribution in [3.8, 4) is 0 Å². The first kappa shape index (κ1) is 14.5. The summed E-state index contributed by atoms with van der Waals surface area (Å²) in [5, 5.41) is 15.4. The fourth-order valence-electron chi connectivity index (χ4n) is 2.51. The number of rotatable bonds is 5. The van der Waals surface area contributed by atoms with Gasteiger partial charge in [0.15, 0.2) is 0 Å². The summed E-state index contributed by atoms with van der Waals surface area (Å²) < 4.78 is 0. The number of carbonyl (C=O) groups excluding carboxylic acids is 1. The lowest BCUT2D eigenvalue weighted by atomic mass is 9.79. The van der Waals surface area contributed by atoms with Gasteiger partial charge in [-0.3, -0.25) is 4.79 Å². The van der Waals surface area contributed by atoms with E-state index in [2.05, 4.69) is 10.6 Å². The predicted octanol–water partition coefficient (Wildman–Crippen LogP) is 1.19. The molecule has 100 valence electrons. The lowest BCUT2D eigenvalue weighted by molar-refractivity contribution is -0.125. The Morgan fingerprint density at radius 2 is 1.88 bits per heavy atom. The van der Waals surface area contributed by atoms with E-state index in [1.807, 2.05) is 20.9 Å². The van der Waals surface area contributed by atoms with Crippen LogP contribution >= 0.6 is 0 Å². The molecule has 1 fully saturated rings. The molecule has 0 bridgehead atoms. The molecule has 0 radical (unpaired) electrons. The smallest absolute Gasteiger partial charge is 0.222 e. The quantitative estimate of drug-likeness (QED) is 0.678. The summed E-state index contributed by atoms with van der Waals surface area (Å²) >= 11 is 0. The Balaban J connectivity index is 2.53. The van der Waals surface area contributed by atoms with E-state index >= 15 is 0 Å². The van der Waals surface area contributed by atoms with Crippen LogP contribution in [0.15, 0.2) is 0 Å². The topological polar surface area (TPSA) is 61.4 Å². The van der Waals surface area contributed by atoms with Crippen molar-refractivity contribution in [1.82, 2.24) is 10.6 Å². The van der Waals surface area contributed by atoms with E-state index in [-0.39, 0.29) is 18.1 Å². The van der Waals surface area contributed by atoms with Crippen LogP contribution in [0.1, 0.15) is 52.4 Å². The Morgan fingerprint density at radius 3 is 2.35 bits per heavy atom. The van der Waals surface area contributed by atoms with Gasteiger partial charge in [0.1, 0.15) is 0 Å². The van der Waals surface area contributed by atoms with Crippen LogP contribution in [0.5, 0.6) is 0 Å². The van der Waals surface area contributed by atoms with E-state index in [0.717, 1.165) is 12.8 Å². The first-order valence-corrected chi connectivity index (χ1v) is 6.54. The Hall–Kier alpha value is -0.610. The standard InChI is InChI=1S/C13H26N2O2/c1-12(2,10-16)15-11(17)9-13(14-3)7-5-4-6-8-13/h14,16H,4-10H2,1-3H3,(H,15,17). The number of aliphatic hydroxyl groups is 1. The summed E-state index contributed by atoms with van der Waals surface area (Å²) in [6.45, 7) is 3.63. The minimum absolute atomic E-state index is 0.0281. The molecule has 1 saturated carbocycles. The zero-order valence-electron chi connectivity index (χ0n) is 11.3. The molecule has 4 heteroatoms. The lowest BCUT2D eigenvalue weighted by Crippen LogP contribution is -2.52. The van der Waals surface area contributed by atoms with Crippen LogP contribution < -0.4 is 10.6 Å². The lowest BCUT2D eigenvalue weighted by Gasteiger charge is -2.37. The normalized spacial score (nSPS) is 20.0. The summed E-state index contributed by atoms with van der Waals surface area (Å²) in [7, 11) is 1.94. The number of aliphatic hydroxyl groups excluding tert-OH is 1. The summed E-state index contributed by atoms with van der Waals surface area (Å²) in [6.07, 6.45) is 6.29. The summed E-state index contributed by atoms with van der Waals surface area (Å²) in [6, 6.07) is 0. The molecule has 0 aromatic heterocycles. The molecule has 0 saturated heterocycles. The summed E-state index contributed by atoms with van der Waals surface area (Å²) in [5.74, 6) is 0.0281. The van der Waals surface area contributed by atoms with Crippen molar-refractivity contribution in [2.45, 2.75) is 63.5 Å². The minimum Gasteiger partial charge on any atom is -0.394 e.